The van der Waals surface area contributed by atoms with Crippen molar-refractivity contribution >= 4 is 0 Å². The number of ether oxygens (including phenoxy) is 1. The minimum absolute atomic E-state index is 0.277. The number of hydrogen-bond donors (Lipinski definition) is 1. The number of para-hydroxylation sites is 1. The quantitative estimate of drug-likeness (QED) is 0.816. The van der Waals surface area contributed by atoms with E-state index in [9.17, 15) is 5.11 Å². The van der Waals surface area contributed by atoms with Crippen molar-refractivity contribution in [3.8, 4) is 11.5 Å². The van der Waals surface area contributed by atoms with Crippen LogP contribution in [0.1, 0.15) is 40.2 Å². The van der Waals surface area contributed by atoms with Crippen LogP contribution >= 0.6 is 0 Å². The predicted molar refractivity (Wildman–Crippen MR) is 79.7 cm³/mol. The van der Waals surface area contributed by atoms with Gasteiger partial charge in [-0.1, -0.05) is 26.0 Å². The first kappa shape index (κ1) is 15.8. The highest BCUT2D eigenvalue weighted by molar-refractivity contribution is 5.45. The molecule has 0 bridgehead atoms. The fourth-order valence-electron chi connectivity index (χ4n) is 2.11. The summed E-state index contributed by atoms with van der Waals surface area (Å²) in [4.78, 5) is 2.37. The largest absolute Gasteiger partial charge is 0.504 e. The molecule has 0 spiro atoms. The van der Waals surface area contributed by atoms with Crippen molar-refractivity contribution in [1.82, 2.24) is 4.90 Å². The lowest BCUT2D eigenvalue weighted by Crippen LogP contribution is -2.33. The van der Waals surface area contributed by atoms with E-state index in [-0.39, 0.29) is 5.75 Å². The molecule has 0 aliphatic carbocycles. The molecule has 0 fully saturated rings. The van der Waals surface area contributed by atoms with Crippen molar-refractivity contribution in [1.29, 1.82) is 0 Å². The molecule has 1 N–H and O–H groups in total. The van der Waals surface area contributed by atoms with E-state index >= 15 is 0 Å². The second-order valence-electron chi connectivity index (χ2n) is 5.61. The molecule has 3 nitrogen and oxygen atoms in total. The van der Waals surface area contributed by atoms with Crippen LogP contribution in [0.4, 0.5) is 0 Å². The Kier molecular flexibility index (Phi) is 6.16. The zero-order chi connectivity index (χ0) is 14.4. The Hall–Kier alpha value is -1.22. The van der Waals surface area contributed by atoms with Crippen molar-refractivity contribution in [2.75, 3.05) is 13.2 Å². The zero-order valence-electron chi connectivity index (χ0n) is 12.8. The summed E-state index contributed by atoms with van der Waals surface area (Å²) in [5, 5.41) is 10.2. The van der Waals surface area contributed by atoms with Gasteiger partial charge in [0.15, 0.2) is 11.5 Å². The highest BCUT2D eigenvalue weighted by atomic mass is 16.5. The molecule has 0 amide bonds. The van der Waals surface area contributed by atoms with Gasteiger partial charge in [0.1, 0.15) is 0 Å². The zero-order valence-corrected chi connectivity index (χ0v) is 12.8. The average molecular weight is 265 g/mol. The molecule has 0 atom stereocenters. The van der Waals surface area contributed by atoms with Gasteiger partial charge in [-0.25, -0.2) is 0 Å². The molecule has 19 heavy (non-hydrogen) atoms. The molecule has 0 aliphatic rings. The molecule has 0 saturated heterocycles. The molecule has 3 heteroatoms. The summed E-state index contributed by atoms with van der Waals surface area (Å²) >= 11 is 0. The molecule has 108 valence electrons. The standard InChI is InChI=1S/C16H27NO2/c1-6-19-15-9-7-8-14(16(15)18)11-17(13(4)5)10-12(2)3/h7-9,12-13,18H,6,10-11H2,1-5H3. The Morgan fingerprint density at radius 3 is 2.42 bits per heavy atom. The second kappa shape index (κ2) is 7.39. The minimum atomic E-state index is 0.277. The third-order valence-electron chi connectivity index (χ3n) is 3.09. The molecule has 1 rings (SSSR count). The molecule has 0 aliphatic heterocycles. The van der Waals surface area contributed by atoms with E-state index in [0.717, 1.165) is 18.7 Å². The van der Waals surface area contributed by atoms with E-state index in [2.05, 4.69) is 32.6 Å². The summed E-state index contributed by atoms with van der Waals surface area (Å²) in [5.74, 6) is 1.46. The second-order valence-corrected chi connectivity index (χ2v) is 5.61. The first-order chi connectivity index (χ1) is 8.95. The van der Waals surface area contributed by atoms with Gasteiger partial charge in [0.2, 0.25) is 0 Å². The molecule has 0 saturated carbocycles. The number of phenolic OH excluding ortho intramolecular Hbond substituents is 1. The lowest BCUT2D eigenvalue weighted by Gasteiger charge is -2.28. The Balaban J connectivity index is 2.87. The van der Waals surface area contributed by atoms with Gasteiger partial charge in [-0.3, -0.25) is 4.90 Å². The minimum Gasteiger partial charge on any atom is -0.504 e. The highest BCUT2D eigenvalue weighted by Crippen LogP contribution is 2.31. The third kappa shape index (κ3) is 4.75. The van der Waals surface area contributed by atoms with Crippen LogP contribution < -0.4 is 4.74 Å². The van der Waals surface area contributed by atoms with Crippen LogP contribution in [0.3, 0.4) is 0 Å². The molecule has 0 radical (unpaired) electrons. The van der Waals surface area contributed by atoms with Gasteiger partial charge in [-0.05, 0) is 32.8 Å². The van der Waals surface area contributed by atoms with Crippen molar-refractivity contribution < 1.29 is 9.84 Å². The van der Waals surface area contributed by atoms with Crippen LogP contribution in [0.25, 0.3) is 0 Å². The van der Waals surface area contributed by atoms with E-state index in [4.69, 9.17) is 4.74 Å². The third-order valence-corrected chi connectivity index (χ3v) is 3.09. The maximum absolute atomic E-state index is 10.2. The van der Waals surface area contributed by atoms with E-state index in [1.165, 1.54) is 0 Å². The summed E-state index contributed by atoms with van der Waals surface area (Å²) < 4.78 is 5.43. The van der Waals surface area contributed by atoms with Gasteiger partial charge in [0.25, 0.3) is 0 Å². The van der Waals surface area contributed by atoms with E-state index < -0.39 is 0 Å². The Labute approximate surface area is 117 Å². The average Bonchev–Trinajstić information content (AvgIpc) is 2.32. The van der Waals surface area contributed by atoms with Crippen LogP contribution in [0, 0.1) is 5.92 Å². The van der Waals surface area contributed by atoms with Crippen LogP contribution in [0.2, 0.25) is 0 Å². The molecule has 0 unspecified atom stereocenters. The lowest BCUT2D eigenvalue weighted by molar-refractivity contribution is 0.186. The van der Waals surface area contributed by atoms with Gasteiger partial charge in [0, 0.05) is 24.7 Å². The number of benzene rings is 1. The number of nitrogens with zero attached hydrogens (tertiary/aromatic N) is 1. The van der Waals surface area contributed by atoms with Crippen LogP contribution in [0.15, 0.2) is 18.2 Å². The monoisotopic (exact) mass is 265 g/mol. The first-order valence-corrected chi connectivity index (χ1v) is 7.13. The van der Waals surface area contributed by atoms with Crippen LogP contribution in [-0.2, 0) is 6.54 Å². The van der Waals surface area contributed by atoms with Gasteiger partial charge < -0.3 is 9.84 Å². The highest BCUT2D eigenvalue weighted by Gasteiger charge is 2.15. The number of phenols is 1. The SMILES string of the molecule is CCOc1cccc(CN(CC(C)C)C(C)C)c1O. The summed E-state index contributed by atoms with van der Waals surface area (Å²) in [6.45, 7) is 13.1. The molecule has 1 aromatic carbocycles. The van der Waals surface area contributed by atoms with Crippen molar-refractivity contribution in [3.05, 3.63) is 23.8 Å². The Morgan fingerprint density at radius 1 is 1.21 bits per heavy atom. The summed E-state index contributed by atoms with van der Waals surface area (Å²) in [6.07, 6.45) is 0. The van der Waals surface area contributed by atoms with Gasteiger partial charge in [-0.15, -0.1) is 0 Å². The fourth-order valence-corrected chi connectivity index (χ4v) is 2.11. The molecule has 0 heterocycles. The van der Waals surface area contributed by atoms with Crippen molar-refractivity contribution in [2.45, 2.75) is 47.2 Å². The first-order valence-electron chi connectivity index (χ1n) is 7.13. The molecule has 1 aromatic rings. The maximum Gasteiger partial charge on any atom is 0.162 e. The van der Waals surface area contributed by atoms with Gasteiger partial charge in [0.05, 0.1) is 6.61 Å². The van der Waals surface area contributed by atoms with E-state index in [1.807, 2.05) is 25.1 Å². The Bertz CT molecular complexity index is 388. The molecular formula is C16H27NO2. The molecule has 0 aromatic heterocycles. The molecular weight excluding hydrogens is 238 g/mol. The maximum atomic E-state index is 10.2. The van der Waals surface area contributed by atoms with E-state index in [1.54, 1.807) is 0 Å². The predicted octanol–water partition coefficient (Wildman–Crippen LogP) is 3.66. The van der Waals surface area contributed by atoms with Crippen LogP contribution in [0.5, 0.6) is 11.5 Å². The fraction of sp³-hybridized carbons (Fsp3) is 0.625. The Morgan fingerprint density at radius 2 is 1.89 bits per heavy atom. The number of aromatic hydroxyl groups is 1. The van der Waals surface area contributed by atoms with Gasteiger partial charge in [-0.2, -0.15) is 0 Å². The lowest BCUT2D eigenvalue weighted by atomic mass is 10.1. The van der Waals surface area contributed by atoms with Crippen molar-refractivity contribution in [2.24, 2.45) is 5.92 Å². The normalized spacial score (nSPS) is 11.6. The summed E-state index contributed by atoms with van der Waals surface area (Å²) in [5.41, 5.74) is 0.931. The number of hydrogen-bond acceptors (Lipinski definition) is 3. The van der Waals surface area contributed by atoms with Gasteiger partial charge >= 0.3 is 0 Å². The smallest absolute Gasteiger partial charge is 0.162 e. The summed E-state index contributed by atoms with van der Waals surface area (Å²) in [6, 6.07) is 6.17. The summed E-state index contributed by atoms with van der Waals surface area (Å²) in [7, 11) is 0. The topological polar surface area (TPSA) is 32.7 Å². The van der Waals surface area contributed by atoms with Crippen LogP contribution in [-0.4, -0.2) is 29.2 Å². The number of rotatable bonds is 7. The van der Waals surface area contributed by atoms with E-state index in [0.29, 0.717) is 24.3 Å². The van der Waals surface area contributed by atoms with Crippen molar-refractivity contribution in [3.63, 3.8) is 0 Å².